The highest BCUT2D eigenvalue weighted by molar-refractivity contribution is 6.17. The molecule has 1 aromatic rings. The average molecular weight is 423 g/mol. The van der Waals surface area contributed by atoms with Crippen LogP contribution in [0.4, 0.5) is 0 Å². The zero-order valence-electron chi connectivity index (χ0n) is 18.1. The van der Waals surface area contributed by atoms with E-state index >= 15 is 0 Å². The van der Waals surface area contributed by atoms with E-state index in [1.807, 2.05) is 7.05 Å². The number of ketones is 2. The Morgan fingerprint density at radius 3 is 2.81 bits per heavy atom. The number of terminal acetylenes is 1. The predicted octanol–water partition coefficient (Wildman–Crippen LogP) is 2.50. The van der Waals surface area contributed by atoms with Crippen LogP contribution >= 0.6 is 0 Å². The lowest BCUT2D eigenvalue weighted by Crippen LogP contribution is -2.45. The van der Waals surface area contributed by atoms with Gasteiger partial charge in [0.05, 0.1) is 22.8 Å². The van der Waals surface area contributed by atoms with Crippen LogP contribution in [0.5, 0.6) is 6.01 Å². The van der Waals surface area contributed by atoms with Crippen LogP contribution in [0.2, 0.25) is 0 Å². The Balaban J connectivity index is 1.59. The smallest absolute Gasteiger partial charge is 0.318 e. The van der Waals surface area contributed by atoms with Crippen LogP contribution in [0.1, 0.15) is 63.5 Å². The lowest BCUT2D eigenvalue weighted by Gasteiger charge is -2.38. The van der Waals surface area contributed by atoms with Gasteiger partial charge in [0.25, 0.3) is 0 Å². The molecular weight excluding hydrogens is 392 g/mol. The SMILES string of the molecule is C#C[C@H](Oc1nccc(/C(N)=C2\CCC[C@@]3(CCCCC3=O)C2=O)n1)[C@@H]1CCCN1C. The standard InChI is InChI=1S/C24H30N4O3/c1-3-19(18-9-7-15-28(18)2)31-23-26-14-11-17(27-23)21(25)16-8-6-13-24(22(16)30)12-5-4-10-20(24)29/h1,11,14,18-19H,4-10,12-13,15,25H2,2H3/b21-16-/t18-,19-,24+/m0/s1. The van der Waals surface area contributed by atoms with Crippen molar-refractivity contribution in [2.75, 3.05) is 13.6 Å². The molecule has 2 saturated carbocycles. The molecule has 0 aromatic carbocycles. The number of Topliss-reactive ketones (excluding diaryl/α,β-unsaturated/α-hetero) is 2. The van der Waals surface area contributed by atoms with Gasteiger partial charge in [-0.15, -0.1) is 6.42 Å². The van der Waals surface area contributed by atoms with Gasteiger partial charge in [0.1, 0.15) is 5.78 Å². The van der Waals surface area contributed by atoms with Gasteiger partial charge >= 0.3 is 6.01 Å². The van der Waals surface area contributed by atoms with Gasteiger partial charge in [-0.25, -0.2) is 4.98 Å². The topological polar surface area (TPSA) is 98.4 Å². The molecule has 3 fully saturated rings. The Hall–Kier alpha value is -2.72. The molecule has 164 valence electrons. The number of carbonyl (C=O) groups is 2. The van der Waals surface area contributed by atoms with Gasteiger partial charge in [-0.3, -0.25) is 14.5 Å². The maximum Gasteiger partial charge on any atom is 0.318 e. The number of ether oxygens (including phenoxy) is 1. The lowest BCUT2D eigenvalue weighted by molar-refractivity contribution is -0.143. The van der Waals surface area contributed by atoms with E-state index in [1.165, 1.54) is 0 Å². The number of allylic oxidation sites excluding steroid dienone is 1. The molecule has 2 N–H and O–H groups in total. The summed E-state index contributed by atoms with van der Waals surface area (Å²) >= 11 is 0. The van der Waals surface area contributed by atoms with Gasteiger partial charge < -0.3 is 10.5 Å². The van der Waals surface area contributed by atoms with Crippen LogP contribution in [-0.2, 0) is 9.59 Å². The van der Waals surface area contributed by atoms with E-state index in [0.717, 1.165) is 38.6 Å². The van der Waals surface area contributed by atoms with Gasteiger partial charge in [0, 0.05) is 18.2 Å². The summed E-state index contributed by atoms with van der Waals surface area (Å²) in [6, 6.07) is 1.93. The maximum absolute atomic E-state index is 13.4. The van der Waals surface area contributed by atoms with E-state index in [9.17, 15) is 9.59 Å². The summed E-state index contributed by atoms with van der Waals surface area (Å²) in [6.45, 7) is 0.981. The Morgan fingerprint density at radius 2 is 2.10 bits per heavy atom. The average Bonchev–Trinajstić information content (AvgIpc) is 3.21. The molecule has 4 rings (SSSR count). The molecule has 7 heteroatoms. The second kappa shape index (κ2) is 8.80. The molecule has 0 radical (unpaired) electrons. The number of carbonyl (C=O) groups excluding carboxylic acids is 2. The van der Waals surface area contributed by atoms with Crippen LogP contribution in [0.25, 0.3) is 5.70 Å². The van der Waals surface area contributed by atoms with Gasteiger partial charge in [-0.05, 0) is 64.6 Å². The van der Waals surface area contributed by atoms with Crippen molar-refractivity contribution in [2.24, 2.45) is 11.1 Å². The van der Waals surface area contributed by atoms with E-state index in [2.05, 4.69) is 20.8 Å². The van der Waals surface area contributed by atoms with Crippen LogP contribution in [0.15, 0.2) is 17.8 Å². The number of hydrogen-bond acceptors (Lipinski definition) is 7. The minimum atomic E-state index is -0.884. The Labute approximate surface area is 183 Å². The summed E-state index contributed by atoms with van der Waals surface area (Å²) in [6.07, 6.45) is 13.7. The Kier molecular flexibility index (Phi) is 6.10. The number of nitrogens with two attached hydrogens (primary N) is 1. The highest BCUT2D eigenvalue weighted by Gasteiger charge is 2.49. The monoisotopic (exact) mass is 422 g/mol. The van der Waals surface area contributed by atoms with Crippen molar-refractivity contribution in [1.29, 1.82) is 0 Å². The van der Waals surface area contributed by atoms with E-state index in [0.29, 0.717) is 42.6 Å². The fourth-order valence-corrected chi connectivity index (χ4v) is 5.29. The van der Waals surface area contributed by atoms with E-state index in [4.69, 9.17) is 16.9 Å². The summed E-state index contributed by atoms with van der Waals surface area (Å²) in [5, 5.41) is 0. The number of rotatable bonds is 4. The number of hydrogen-bond donors (Lipinski definition) is 1. The summed E-state index contributed by atoms with van der Waals surface area (Å²) in [7, 11) is 2.03. The summed E-state index contributed by atoms with van der Waals surface area (Å²) in [5.74, 6) is 2.66. The highest BCUT2D eigenvalue weighted by Crippen LogP contribution is 2.45. The van der Waals surface area contributed by atoms with Crippen molar-refractivity contribution in [3.63, 3.8) is 0 Å². The van der Waals surface area contributed by atoms with E-state index in [-0.39, 0.29) is 23.6 Å². The highest BCUT2D eigenvalue weighted by atomic mass is 16.5. The van der Waals surface area contributed by atoms with Crippen molar-refractivity contribution in [2.45, 2.75) is 69.9 Å². The second-order valence-electron chi connectivity index (χ2n) is 8.91. The molecule has 1 aromatic heterocycles. The van der Waals surface area contributed by atoms with E-state index < -0.39 is 11.5 Å². The van der Waals surface area contributed by atoms with Crippen LogP contribution in [0, 0.1) is 17.8 Å². The van der Waals surface area contributed by atoms with Crippen molar-refractivity contribution < 1.29 is 14.3 Å². The fourth-order valence-electron chi connectivity index (χ4n) is 5.29. The molecule has 3 aliphatic rings. The second-order valence-corrected chi connectivity index (χ2v) is 8.91. The molecule has 1 saturated heterocycles. The maximum atomic E-state index is 13.4. The van der Waals surface area contributed by atoms with Crippen molar-refractivity contribution in [3.05, 3.63) is 23.5 Å². The number of nitrogens with zero attached hydrogens (tertiary/aromatic N) is 3. The predicted molar refractivity (Wildman–Crippen MR) is 117 cm³/mol. The first-order valence-electron chi connectivity index (χ1n) is 11.2. The number of aromatic nitrogens is 2. The quantitative estimate of drug-likeness (QED) is 0.452. The van der Waals surface area contributed by atoms with Crippen molar-refractivity contribution in [3.8, 4) is 18.4 Å². The van der Waals surface area contributed by atoms with E-state index in [1.54, 1.807) is 12.3 Å². The minimum Gasteiger partial charge on any atom is -0.445 e. The Bertz CT molecular complexity index is 946. The van der Waals surface area contributed by atoms with Gasteiger partial charge in [-0.2, -0.15) is 4.98 Å². The molecule has 1 aliphatic heterocycles. The molecule has 0 unspecified atom stereocenters. The van der Waals surface area contributed by atoms with Gasteiger partial charge in [0.2, 0.25) is 0 Å². The molecule has 2 heterocycles. The molecule has 31 heavy (non-hydrogen) atoms. The largest absolute Gasteiger partial charge is 0.445 e. The molecular formula is C24H30N4O3. The first-order chi connectivity index (χ1) is 15.0. The molecule has 1 spiro atoms. The van der Waals surface area contributed by atoms with Gasteiger partial charge in [0.15, 0.2) is 11.9 Å². The lowest BCUT2D eigenvalue weighted by atomic mass is 9.62. The summed E-state index contributed by atoms with van der Waals surface area (Å²) in [5.41, 5.74) is 6.79. The molecule has 3 atom stereocenters. The third-order valence-electron chi connectivity index (χ3n) is 7.09. The van der Waals surface area contributed by atoms with Crippen molar-refractivity contribution in [1.82, 2.24) is 14.9 Å². The first kappa shape index (κ1) is 21.5. The van der Waals surface area contributed by atoms with Crippen LogP contribution in [-0.4, -0.2) is 52.2 Å². The molecule has 0 bridgehead atoms. The van der Waals surface area contributed by atoms with Crippen LogP contribution < -0.4 is 10.5 Å². The third kappa shape index (κ3) is 3.97. The Morgan fingerprint density at radius 1 is 1.29 bits per heavy atom. The molecule has 2 aliphatic carbocycles. The summed E-state index contributed by atoms with van der Waals surface area (Å²) in [4.78, 5) is 36.9. The van der Waals surface area contributed by atoms with Gasteiger partial charge in [-0.1, -0.05) is 12.3 Å². The zero-order valence-corrected chi connectivity index (χ0v) is 18.1. The number of likely N-dealkylation sites (N-methyl/N-ethyl adjacent to an activating group) is 1. The molecule has 7 nitrogen and oxygen atoms in total. The third-order valence-corrected chi connectivity index (χ3v) is 7.09. The minimum absolute atomic E-state index is 0.0676. The molecule has 0 amide bonds. The normalized spacial score (nSPS) is 29.6. The zero-order chi connectivity index (χ0) is 22.0. The number of likely N-dealkylation sites (tertiary alicyclic amines) is 1. The fraction of sp³-hybridized carbons (Fsp3) is 0.583. The summed E-state index contributed by atoms with van der Waals surface area (Å²) < 4.78 is 5.93. The van der Waals surface area contributed by atoms with Crippen LogP contribution in [0.3, 0.4) is 0 Å². The first-order valence-corrected chi connectivity index (χ1v) is 11.2. The van der Waals surface area contributed by atoms with Crippen molar-refractivity contribution >= 4 is 17.3 Å².